The molecule has 3 amide bonds. The minimum Gasteiger partial charge on any atom is -0.452 e. The SMILES string of the molecule is CCCNC(=O)NC(=O)COC(=O)c1ccc(N(C)C)cc1. The molecule has 0 atom stereocenters. The molecule has 0 aliphatic carbocycles. The van der Waals surface area contributed by atoms with E-state index in [4.69, 9.17) is 4.74 Å². The van der Waals surface area contributed by atoms with Crippen LogP contribution in [0.4, 0.5) is 10.5 Å². The molecule has 0 spiro atoms. The second kappa shape index (κ2) is 8.66. The highest BCUT2D eigenvalue weighted by Crippen LogP contribution is 2.12. The van der Waals surface area contributed by atoms with Crippen molar-refractivity contribution in [2.45, 2.75) is 13.3 Å². The summed E-state index contributed by atoms with van der Waals surface area (Å²) in [4.78, 5) is 36.4. The van der Waals surface area contributed by atoms with Gasteiger partial charge in [-0.1, -0.05) is 6.92 Å². The largest absolute Gasteiger partial charge is 0.452 e. The highest BCUT2D eigenvalue weighted by molar-refractivity contribution is 5.97. The number of benzene rings is 1. The number of urea groups is 1. The molecule has 0 fully saturated rings. The lowest BCUT2D eigenvalue weighted by Crippen LogP contribution is -2.41. The molecular weight excluding hydrogens is 286 g/mol. The molecule has 0 aliphatic heterocycles. The average Bonchev–Trinajstić information content (AvgIpc) is 2.50. The van der Waals surface area contributed by atoms with Crippen molar-refractivity contribution in [2.24, 2.45) is 0 Å². The topological polar surface area (TPSA) is 87.7 Å². The van der Waals surface area contributed by atoms with Crippen molar-refractivity contribution in [2.75, 3.05) is 32.1 Å². The summed E-state index contributed by atoms with van der Waals surface area (Å²) >= 11 is 0. The van der Waals surface area contributed by atoms with E-state index in [9.17, 15) is 14.4 Å². The number of carbonyl (C=O) groups is 3. The number of hydrogen-bond donors (Lipinski definition) is 2. The molecule has 0 radical (unpaired) electrons. The van der Waals surface area contributed by atoms with E-state index >= 15 is 0 Å². The van der Waals surface area contributed by atoms with E-state index in [1.54, 1.807) is 24.3 Å². The Morgan fingerprint density at radius 3 is 2.32 bits per heavy atom. The molecule has 1 aromatic carbocycles. The van der Waals surface area contributed by atoms with Gasteiger partial charge in [0.15, 0.2) is 6.61 Å². The van der Waals surface area contributed by atoms with Gasteiger partial charge >= 0.3 is 12.0 Å². The lowest BCUT2D eigenvalue weighted by Gasteiger charge is -2.12. The zero-order valence-electron chi connectivity index (χ0n) is 13.0. The first-order valence-electron chi connectivity index (χ1n) is 6.96. The number of amides is 3. The van der Waals surface area contributed by atoms with Crippen LogP contribution in [0.5, 0.6) is 0 Å². The number of ether oxygens (including phenoxy) is 1. The van der Waals surface area contributed by atoms with Crippen LogP contribution in [0.1, 0.15) is 23.7 Å². The maximum atomic E-state index is 11.8. The molecule has 120 valence electrons. The van der Waals surface area contributed by atoms with Gasteiger partial charge in [-0.05, 0) is 30.7 Å². The van der Waals surface area contributed by atoms with E-state index in [-0.39, 0.29) is 0 Å². The van der Waals surface area contributed by atoms with Gasteiger partial charge in [-0.15, -0.1) is 0 Å². The van der Waals surface area contributed by atoms with Crippen LogP contribution in [-0.4, -0.2) is 45.2 Å². The zero-order valence-corrected chi connectivity index (χ0v) is 13.0. The summed E-state index contributed by atoms with van der Waals surface area (Å²) in [6.07, 6.45) is 0.763. The summed E-state index contributed by atoms with van der Waals surface area (Å²) in [5.74, 6) is -1.29. The van der Waals surface area contributed by atoms with Crippen molar-refractivity contribution in [1.29, 1.82) is 0 Å². The molecule has 22 heavy (non-hydrogen) atoms. The van der Waals surface area contributed by atoms with Crippen LogP contribution in [0, 0.1) is 0 Å². The third-order valence-corrected chi connectivity index (χ3v) is 2.74. The van der Waals surface area contributed by atoms with Crippen molar-refractivity contribution in [3.63, 3.8) is 0 Å². The molecule has 0 bridgehead atoms. The molecule has 1 aromatic rings. The van der Waals surface area contributed by atoms with E-state index in [1.807, 2.05) is 25.9 Å². The summed E-state index contributed by atoms with van der Waals surface area (Å²) in [6, 6.07) is 6.18. The number of carbonyl (C=O) groups excluding carboxylic acids is 3. The number of nitrogens with one attached hydrogen (secondary N) is 2. The molecule has 0 aliphatic rings. The Morgan fingerprint density at radius 1 is 1.14 bits per heavy atom. The number of rotatable bonds is 6. The third-order valence-electron chi connectivity index (χ3n) is 2.74. The predicted octanol–water partition coefficient (Wildman–Crippen LogP) is 1.15. The quantitative estimate of drug-likeness (QED) is 0.770. The molecule has 0 saturated heterocycles. The van der Waals surface area contributed by atoms with Crippen LogP contribution in [-0.2, 0) is 9.53 Å². The smallest absolute Gasteiger partial charge is 0.338 e. The Bertz CT molecular complexity index is 526. The predicted molar refractivity (Wildman–Crippen MR) is 82.9 cm³/mol. The standard InChI is InChI=1S/C15H21N3O4/c1-4-9-16-15(21)17-13(19)10-22-14(20)11-5-7-12(8-6-11)18(2)3/h5-8H,4,9-10H2,1-3H3,(H2,16,17,19,21). The maximum absolute atomic E-state index is 11.8. The Morgan fingerprint density at radius 2 is 1.77 bits per heavy atom. The molecule has 1 rings (SSSR count). The van der Waals surface area contributed by atoms with Gasteiger partial charge in [0.2, 0.25) is 0 Å². The number of imide groups is 1. The molecule has 0 aromatic heterocycles. The minimum atomic E-state index is -0.674. The fourth-order valence-electron chi connectivity index (χ4n) is 1.56. The number of anilines is 1. The van der Waals surface area contributed by atoms with Crippen molar-refractivity contribution >= 4 is 23.6 Å². The van der Waals surface area contributed by atoms with E-state index in [2.05, 4.69) is 10.6 Å². The number of esters is 1. The van der Waals surface area contributed by atoms with Crippen molar-refractivity contribution in [1.82, 2.24) is 10.6 Å². The maximum Gasteiger partial charge on any atom is 0.338 e. The fraction of sp³-hybridized carbons (Fsp3) is 0.400. The number of nitrogens with zero attached hydrogens (tertiary/aromatic N) is 1. The van der Waals surface area contributed by atoms with Gasteiger partial charge < -0.3 is 15.0 Å². The van der Waals surface area contributed by atoms with Gasteiger partial charge in [-0.2, -0.15) is 0 Å². The van der Waals surface area contributed by atoms with Crippen LogP contribution < -0.4 is 15.5 Å². The Hall–Kier alpha value is -2.57. The zero-order chi connectivity index (χ0) is 16.5. The summed E-state index contributed by atoms with van der Waals surface area (Å²) in [5, 5.41) is 4.56. The van der Waals surface area contributed by atoms with Crippen molar-refractivity contribution < 1.29 is 19.1 Å². The summed E-state index contributed by atoms with van der Waals surface area (Å²) < 4.78 is 4.85. The second-order valence-electron chi connectivity index (χ2n) is 4.82. The first-order chi connectivity index (χ1) is 10.4. The third kappa shape index (κ3) is 5.82. The van der Waals surface area contributed by atoms with E-state index in [0.29, 0.717) is 12.1 Å². The fourth-order valence-corrected chi connectivity index (χ4v) is 1.56. The molecule has 2 N–H and O–H groups in total. The van der Waals surface area contributed by atoms with Crippen LogP contribution >= 0.6 is 0 Å². The van der Waals surface area contributed by atoms with Gasteiger partial charge in [-0.3, -0.25) is 10.1 Å². The highest BCUT2D eigenvalue weighted by atomic mass is 16.5. The van der Waals surface area contributed by atoms with Crippen molar-refractivity contribution in [3.8, 4) is 0 Å². The summed E-state index contributed by atoms with van der Waals surface area (Å²) in [6.45, 7) is 1.86. The van der Waals surface area contributed by atoms with Crippen LogP contribution in [0.25, 0.3) is 0 Å². The summed E-state index contributed by atoms with van der Waals surface area (Å²) in [7, 11) is 3.78. The lowest BCUT2D eigenvalue weighted by molar-refractivity contribution is -0.123. The summed E-state index contributed by atoms with van der Waals surface area (Å²) in [5.41, 5.74) is 1.29. The van der Waals surface area contributed by atoms with Crippen LogP contribution in [0.15, 0.2) is 24.3 Å². The average molecular weight is 307 g/mol. The molecule has 0 saturated carbocycles. The first kappa shape index (κ1) is 17.5. The van der Waals surface area contributed by atoms with Gasteiger partial charge in [0.1, 0.15) is 0 Å². The van der Waals surface area contributed by atoms with Gasteiger partial charge in [0, 0.05) is 26.3 Å². The van der Waals surface area contributed by atoms with E-state index in [0.717, 1.165) is 12.1 Å². The molecule has 0 heterocycles. The van der Waals surface area contributed by atoms with Gasteiger partial charge in [0.05, 0.1) is 5.56 Å². The van der Waals surface area contributed by atoms with Crippen LogP contribution in [0.3, 0.4) is 0 Å². The first-order valence-corrected chi connectivity index (χ1v) is 6.96. The van der Waals surface area contributed by atoms with Crippen LogP contribution in [0.2, 0.25) is 0 Å². The highest BCUT2D eigenvalue weighted by Gasteiger charge is 2.12. The van der Waals surface area contributed by atoms with Gasteiger partial charge in [0.25, 0.3) is 5.91 Å². The lowest BCUT2D eigenvalue weighted by atomic mass is 10.2. The molecule has 7 heteroatoms. The van der Waals surface area contributed by atoms with E-state index in [1.165, 1.54) is 0 Å². The Kier molecular flexibility index (Phi) is 6.88. The Balaban J connectivity index is 2.42. The normalized spacial score (nSPS) is 9.77. The Labute approximate surface area is 129 Å². The molecular formula is C15H21N3O4. The van der Waals surface area contributed by atoms with Crippen molar-refractivity contribution in [3.05, 3.63) is 29.8 Å². The monoisotopic (exact) mass is 307 g/mol. The second-order valence-corrected chi connectivity index (χ2v) is 4.82. The van der Waals surface area contributed by atoms with E-state index < -0.39 is 24.5 Å². The minimum absolute atomic E-state index is 0.342. The number of hydrogen-bond acceptors (Lipinski definition) is 5. The molecule has 0 unspecified atom stereocenters. The molecule has 7 nitrogen and oxygen atoms in total. The van der Waals surface area contributed by atoms with Gasteiger partial charge in [-0.25, -0.2) is 9.59 Å².